The predicted molar refractivity (Wildman–Crippen MR) is 74.8 cm³/mol. The Balaban J connectivity index is 2.77. The highest BCUT2D eigenvalue weighted by molar-refractivity contribution is 5.80. The lowest BCUT2D eigenvalue weighted by Crippen LogP contribution is -2.23. The number of carboxylic acids is 1. The fourth-order valence-electron chi connectivity index (χ4n) is 1.73. The van der Waals surface area contributed by atoms with Crippen molar-refractivity contribution in [1.29, 1.82) is 0 Å². The Bertz CT molecular complexity index is 514. The Kier molecular flexibility index (Phi) is 6.32. The first-order valence-electron chi connectivity index (χ1n) is 6.29. The summed E-state index contributed by atoms with van der Waals surface area (Å²) in [6.45, 7) is 0.210. The van der Waals surface area contributed by atoms with Gasteiger partial charge in [-0.2, -0.15) is 0 Å². The minimum Gasteiger partial charge on any atom is -0.496 e. The molecule has 1 aromatic rings. The van der Waals surface area contributed by atoms with E-state index in [4.69, 9.17) is 19.3 Å². The van der Waals surface area contributed by atoms with Crippen LogP contribution in [0.2, 0.25) is 0 Å². The van der Waals surface area contributed by atoms with E-state index >= 15 is 0 Å². The highest BCUT2D eigenvalue weighted by Crippen LogP contribution is 2.34. The molecule has 0 atom stereocenters. The van der Waals surface area contributed by atoms with Crippen LogP contribution >= 0.6 is 0 Å². The quantitative estimate of drug-likeness (QED) is 0.748. The monoisotopic (exact) mass is 297 g/mol. The summed E-state index contributed by atoms with van der Waals surface area (Å²) in [6.07, 6.45) is -0.264. The van der Waals surface area contributed by atoms with E-state index in [0.29, 0.717) is 22.8 Å². The van der Waals surface area contributed by atoms with Crippen LogP contribution in [0.1, 0.15) is 18.4 Å². The third-order valence-electron chi connectivity index (χ3n) is 2.83. The highest BCUT2D eigenvalue weighted by Gasteiger charge is 2.13. The van der Waals surface area contributed by atoms with Crippen LogP contribution in [0.25, 0.3) is 0 Å². The Morgan fingerprint density at radius 3 is 2.10 bits per heavy atom. The zero-order valence-electron chi connectivity index (χ0n) is 12.3. The molecule has 0 heterocycles. The standard InChI is InChI=1S/C14H19NO6/c1-19-10-7-12(21-3)11(20-2)6-9(10)8-15-13(16)4-5-14(17)18/h6-7H,4-5,8H2,1-3H3,(H,15,16)(H,17,18). The maximum absolute atomic E-state index is 11.5. The van der Waals surface area contributed by atoms with Gasteiger partial charge in [-0.3, -0.25) is 9.59 Å². The fraction of sp³-hybridized carbons (Fsp3) is 0.429. The second-order valence-corrected chi connectivity index (χ2v) is 4.19. The number of carboxylic acid groups (broad SMARTS) is 1. The van der Waals surface area contributed by atoms with E-state index in [1.807, 2.05) is 0 Å². The summed E-state index contributed by atoms with van der Waals surface area (Å²) in [6, 6.07) is 3.37. The number of rotatable bonds is 8. The van der Waals surface area contributed by atoms with Gasteiger partial charge in [0.05, 0.1) is 27.8 Å². The van der Waals surface area contributed by atoms with Gasteiger partial charge in [0.25, 0.3) is 0 Å². The van der Waals surface area contributed by atoms with Crippen molar-refractivity contribution in [3.63, 3.8) is 0 Å². The number of amides is 1. The summed E-state index contributed by atoms with van der Waals surface area (Å²) in [5.74, 6) is 0.248. The highest BCUT2D eigenvalue weighted by atomic mass is 16.5. The molecule has 0 aliphatic heterocycles. The average Bonchev–Trinajstić information content (AvgIpc) is 2.49. The molecule has 21 heavy (non-hydrogen) atoms. The van der Waals surface area contributed by atoms with Crippen molar-refractivity contribution >= 4 is 11.9 Å². The van der Waals surface area contributed by atoms with Gasteiger partial charge in [-0.1, -0.05) is 0 Å². The van der Waals surface area contributed by atoms with Crippen molar-refractivity contribution in [2.24, 2.45) is 0 Å². The van der Waals surface area contributed by atoms with E-state index in [1.165, 1.54) is 21.3 Å². The Morgan fingerprint density at radius 1 is 1.00 bits per heavy atom. The molecule has 0 fully saturated rings. The minimum atomic E-state index is -1.01. The van der Waals surface area contributed by atoms with Gasteiger partial charge in [-0.25, -0.2) is 0 Å². The van der Waals surface area contributed by atoms with Gasteiger partial charge in [-0.05, 0) is 6.07 Å². The molecule has 1 rings (SSSR count). The second kappa shape index (κ2) is 7.98. The Labute approximate surface area is 122 Å². The molecule has 0 bridgehead atoms. The van der Waals surface area contributed by atoms with E-state index in [9.17, 15) is 9.59 Å². The summed E-state index contributed by atoms with van der Waals surface area (Å²) in [5.41, 5.74) is 0.707. The summed E-state index contributed by atoms with van der Waals surface area (Å²) < 4.78 is 15.6. The molecule has 1 amide bonds. The Morgan fingerprint density at radius 2 is 1.57 bits per heavy atom. The minimum absolute atomic E-state index is 0.0645. The molecule has 116 valence electrons. The molecule has 0 aromatic heterocycles. The number of aliphatic carboxylic acids is 1. The molecule has 7 heteroatoms. The smallest absolute Gasteiger partial charge is 0.303 e. The number of ether oxygens (including phenoxy) is 3. The summed E-state index contributed by atoms with van der Waals surface area (Å²) >= 11 is 0. The van der Waals surface area contributed by atoms with Crippen molar-refractivity contribution in [1.82, 2.24) is 5.32 Å². The molecule has 0 aliphatic rings. The van der Waals surface area contributed by atoms with Crippen LogP contribution in [0.4, 0.5) is 0 Å². The molecule has 0 saturated carbocycles. The van der Waals surface area contributed by atoms with Crippen LogP contribution < -0.4 is 19.5 Å². The van der Waals surface area contributed by atoms with Crippen LogP contribution in [0, 0.1) is 0 Å². The van der Waals surface area contributed by atoms with Gasteiger partial charge < -0.3 is 24.6 Å². The van der Waals surface area contributed by atoms with E-state index in [1.54, 1.807) is 12.1 Å². The first-order valence-corrected chi connectivity index (χ1v) is 6.29. The van der Waals surface area contributed by atoms with Crippen LogP contribution in [0.15, 0.2) is 12.1 Å². The average molecular weight is 297 g/mol. The van der Waals surface area contributed by atoms with Gasteiger partial charge >= 0.3 is 5.97 Å². The van der Waals surface area contributed by atoms with Gasteiger partial charge in [0, 0.05) is 24.6 Å². The maximum atomic E-state index is 11.5. The zero-order valence-corrected chi connectivity index (χ0v) is 12.3. The van der Waals surface area contributed by atoms with Crippen molar-refractivity contribution in [2.75, 3.05) is 21.3 Å². The summed E-state index contributed by atoms with van der Waals surface area (Å²) in [5, 5.41) is 11.2. The van der Waals surface area contributed by atoms with Gasteiger partial charge in [0.2, 0.25) is 5.91 Å². The number of hydrogen-bond donors (Lipinski definition) is 2. The fourth-order valence-corrected chi connectivity index (χ4v) is 1.73. The first kappa shape index (κ1) is 16.6. The number of carbonyl (C=O) groups excluding carboxylic acids is 1. The number of methoxy groups -OCH3 is 3. The first-order chi connectivity index (χ1) is 10.0. The van der Waals surface area contributed by atoms with Crippen LogP contribution in [-0.4, -0.2) is 38.3 Å². The Hall–Kier alpha value is -2.44. The molecule has 0 unspecified atom stereocenters. The third-order valence-corrected chi connectivity index (χ3v) is 2.83. The number of benzene rings is 1. The van der Waals surface area contributed by atoms with E-state index in [0.717, 1.165) is 0 Å². The van der Waals surface area contributed by atoms with Gasteiger partial charge in [0.15, 0.2) is 11.5 Å². The second-order valence-electron chi connectivity index (χ2n) is 4.19. The normalized spacial score (nSPS) is 9.86. The number of hydrogen-bond acceptors (Lipinski definition) is 5. The SMILES string of the molecule is COc1cc(OC)c(OC)cc1CNC(=O)CCC(=O)O. The predicted octanol–water partition coefficient (Wildman–Crippen LogP) is 1.19. The number of carbonyl (C=O) groups is 2. The molecule has 0 radical (unpaired) electrons. The molecule has 0 aliphatic carbocycles. The lowest BCUT2D eigenvalue weighted by molar-refractivity contribution is -0.138. The molecule has 1 aromatic carbocycles. The number of nitrogens with one attached hydrogen (secondary N) is 1. The van der Waals surface area contributed by atoms with Gasteiger partial charge in [0.1, 0.15) is 5.75 Å². The topological polar surface area (TPSA) is 94.1 Å². The van der Waals surface area contributed by atoms with E-state index < -0.39 is 5.97 Å². The van der Waals surface area contributed by atoms with Crippen LogP contribution in [0.3, 0.4) is 0 Å². The largest absolute Gasteiger partial charge is 0.496 e. The van der Waals surface area contributed by atoms with Crippen LogP contribution in [0.5, 0.6) is 17.2 Å². The molecule has 0 spiro atoms. The molecule has 0 saturated heterocycles. The van der Waals surface area contributed by atoms with E-state index in [-0.39, 0.29) is 25.3 Å². The zero-order chi connectivity index (χ0) is 15.8. The van der Waals surface area contributed by atoms with E-state index in [2.05, 4.69) is 5.32 Å². The summed E-state index contributed by atoms with van der Waals surface area (Å²) in [7, 11) is 4.54. The lowest BCUT2D eigenvalue weighted by atomic mass is 10.1. The molecular weight excluding hydrogens is 278 g/mol. The van der Waals surface area contributed by atoms with Crippen molar-refractivity contribution < 1.29 is 28.9 Å². The summed E-state index contributed by atoms with van der Waals surface area (Å²) in [4.78, 5) is 21.9. The lowest BCUT2D eigenvalue weighted by Gasteiger charge is -2.14. The molecule has 7 nitrogen and oxygen atoms in total. The molecular formula is C14H19NO6. The van der Waals surface area contributed by atoms with Gasteiger partial charge in [-0.15, -0.1) is 0 Å². The van der Waals surface area contributed by atoms with Crippen molar-refractivity contribution in [2.45, 2.75) is 19.4 Å². The maximum Gasteiger partial charge on any atom is 0.303 e. The van der Waals surface area contributed by atoms with Crippen molar-refractivity contribution in [3.05, 3.63) is 17.7 Å². The molecule has 2 N–H and O–H groups in total. The van der Waals surface area contributed by atoms with Crippen LogP contribution in [-0.2, 0) is 16.1 Å². The van der Waals surface area contributed by atoms with Crippen molar-refractivity contribution in [3.8, 4) is 17.2 Å². The third kappa shape index (κ3) is 4.87.